The molecule has 0 atom stereocenters. The molecular formula is C10H11F3N6. The Morgan fingerprint density at radius 1 is 1.32 bits per heavy atom. The fraction of sp³-hybridized carbons (Fsp3) is 0.400. The Balaban J connectivity index is 1.96. The summed E-state index contributed by atoms with van der Waals surface area (Å²) < 4.78 is 36.9. The molecule has 2 aromatic heterocycles. The summed E-state index contributed by atoms with van der Waals surface area (Å²) >= 11 is 0. The van der Waals surface area contributed by atoms with Gasteiger partial charge in [-0.1, -0.05) is 11.2 Å². The fourth-order valence-corrected chi connectivity index (χ4v) is 1.33. The summed E-state index contributed by atoms with van der Waals surface area (Å²) in [6, 6.07) is 2.29. The number of anilines is 1. The Bertz CT molecular complexity index is 533. The number of aromatic nitrogens is 5. The topological polar surface area (TPSA) is 68.5 Å². The van der Waals surface area contributed by atoms with Crippen molar-refractivity contribution in [3.63, 3.8) is 0 Å². The summed E-state index contributed by atoms with van der Waals surface area (Å²) in [5.74, 6) is 0.321. The van der Waals surface area contributed by atoms with Crippen molar-refractivity contribution in [2.45, 2.75) is 26.2 Å². The smallest absolute Gasteiger partial charge is 0.347 e. The van der Waals surface area contributed by atoms with Gasteiger partial charge in [-0.05, 0) is 23.8 Å². The standard InChI is InChI=1S/C10H11F3N6/c1-2-19-17-9(16-18-19)15-6-7-3-4-8(14-5-7)10(11,12)13/h3-5H,2,6H2,1H3,(H,15,17). The maximum atomic E-state index is 12.3. The van der Waals surface area contributed by atoms with Crippen LogP contribution in [0.3, 0.4) is 0 Å². The van der Waals surface area contributed by atoms with Crippen LogP contribution < -0.4 is 5.32 Å². The molecule has 0 amide bonds. The van der Waals surface area contributed by atoms with Gasteiger partial charge in [0.2, 0.25) is 0 Å². The zero-order valence-electron chi connectivity index (χ0n) is 10.0. The van der Waals surface area contributed by atoms with Crippen molar-refractivity contribution in [2.75, 3.05) is 5.32 Å². The molecular weight excluding hydrogens is 261 g/mol. The number of halogens is 3. The lowest BCUT2D eigenvalue weighted by molar-refractivity contribution is -0.141. The lowest BCUT2D eigenvalue weighted by atomic mass is 10.2. The average Bonchev–Trinajstić information content (AvgIpc) is 2.84. The predicted molar refractivity (Wildman–Crippen MR) is 60.1 cm³/mol. The normalized spacial score (nSPS) is 11.6. The molecule has 0 aliphatic heterocycles. The van der Waals surface area contributed by atoms with E-state index in [1.54, 1.807) is 0 Å². The largest absolute Gasteiger partial charge is 0.433 e. The maximum absolute atomic E-state index is 12.3. The number of nitrogens with zero attached hydrogens (tertiary/aromatic N) is 5. The van der Waals surface area contributed by atoms with Gasteiger partial charge in [0.15, 0.2) is 0 Å². The molecule has 1 N–H and O–H groups in total. The first-order chi connectivity index (χ1) is 8.99. The van der Waals surface area contributed by atoms with Crippen molar-refractivity contribution in [3.8, 4) is 0 Å². The number of hydrogen-bond acceptors (Lipinski definition) is 5. The highest BCUT2D eigenvalue weighted by Gasteiger charge is 2.31. The van der Waals surface area contributed by atoms with E-state index in [0.717, 1.165) is 6.07 Å². The predicted octanol–water partition coefficient (Wildman–Crippen LogP) is 1.72. The van der Waals surface area contributed by atoms with E-state index in [2.05, 4.69) is 25.7 Å². The van der Waals surface area contributed by atoms with Crippen LogP contribution in [-0.2, 0) is 19.3 Å². The summed E-state index contributed by atoms with van der Waals surface area (Å²) in [5.41, 5.74) is -0.313. The third kappa shape index (κ3) is 3.39. The molecule has 0 radical (unpaired) electrons. The van der Waals surface area contributed by atoms with Crippen LogP contribution in [0.4, 0.5) is 19.1 Å². The van der Waals surface area contributed by atoms with Gasteiger partial charge in [-0.2, -0.15) is 18.0 Å². The monoisotopic (exact) mass is 272 g/mol. The molecule has 2 heterocycles. The molecule has 0 bridgehead atoms. The third-order valence-corrected chi connectivity index (χ3v) is 2.30. The SMILES string of the molecule is CCn1nnc(NCc2ccc(C(F)(F)F)nc2)n1. The van der Waals surface area contributed by atoms with Crippen molar-refractivity contribution in [2.24, 2.45) is 0 Å². The Kier molecular flexibility index (Phi) is 3.63. The molecule has 0 fully saturated rings. The number of tetrazole rings is 1. The summed E-state index contributed by atoms with van der Waals surface area (Å²) in [7, 11) is 0. The molecule has 0 aromatic carbocycles. The minimum absolute atomic E-state index is 0.278. The van der Waals surface area contributed by atoms with Crippen molar-refractivity contribution in [3.05, 3.63) is 29.6 Å². The van der Waals surface area contributed by atoms with Crippen LogP contribution in [-0.4, -0.2) is 25.2 Å². The zero-order chi connectivity index (χ0) is 13.9. The second kappa shape index (κ2) is 5.21. The van der Waals surface area contributed by atoms with Crippen LogP contribution in [0.1, 0.15) is 18.2 Å². The molecule has 0 aliphatic rings. The number of pyridine rings is 1. The third-order valence-electron chi connectivity index (χ3n) is 2.30. The van der Waals surface area contributed by atoms with Crippen LogP contribution in [0.25, 0.3) is 0 Å². The van der Waals surface area contributed by atoms with E-state index in [9.17, 15) is 13.2 Å². The molecule has 0 unspecified atom stereocenters. The lowest BCUT2D eigenvalue weighted by Gasteiger charge is -2.06. The number of rotatable bonds is 4. The second-order valence-corrected chi connectivity index (χ2v) is 3.70. The van der Waals surface area contributed by atoms with E-state index in [-0.39, 0.29) is 6.54 Å². The van der Waals surface area contributed by atoms with Crippen LogP contribution in [0, 0.1) is 0 Å². The first-order valence-corrected chi connectivity index (χ1v) is 5.53. The van der Waals surface area contributed by atoms with Crippen molar-refractivity contribution >= 4 is 5.95 Å². The average molecular weight is 272 g/mol. The minimum Gasteiger partial charge on any atom is -0.347 e. The van der Waals surface area contributed by atoms with Gasteiger partial charge in [0.25, 0.3) is 5.95 Å². The molecule has 0 spiro atoms. The Labute approximate surface area is 106 Å². The highest BCUT2D eigenvalue weighted by Crippen LogP contribution is 2.27. The summed E-state index contributed by atoms with van der Waals surface area (Å²) in [4.78, 5) is 4.75. The van der Waals surface area contributed by atoms with Gasteiger partial charge in [-0.15, -0.1) is 5.10 Å². The first-order valence-electron chi connectivity index (χ1n) is 5.53. The molecule has 0 aliphatic carbocycles. The van der Waals surface area contributed by atoms with Gasteiger partial charge in [-0.25, -0.2) is 0 Å². The molecule has 0 saturated carbocycles. The van der Waals surface area contributed by atoms with Crippen molar-refractivity contribution in [1.82, 2.24) is 25.2 Å². The van der Waals surface area contributed by atoms with Gasteiger partial charge in [0.1, 0.15) is 5.69 Å². The molecule has 2 rings (SSSR count). The van der Waals surface area contributed by atoms with Crippen LogP contribution >= 0.6 is 0 Å². The molecule has 0 saturated heterocycles. The molecule has 19 heavy (non-hydrogen) atoms. The lowest BCUT2D eigenvalue weighted by Crippen LogP contribution is -2.09. The summed E-state index contributed by atoms with van der Waals surface area (Å²) in [6.07, 6.45) is -3.25. The van der Waals surface area contributed by atoms with Crippen molar-refractivity contribution in [1.29, 1.82) is 0 Å². The minimum atomic E-state index is -4.42. The Morgan fingerprint density at radius 2 is 2.11 bits per heavy atom. The van der Waals surface area contributed by atoms with Gasteiger partial charge in [0, 0.05) is 12.7 Å². The first kappa shape index (κ1) is 13.2. The van der Waals surface area contributed by atoms with E-state index in [1.807, 2.05) is 6.92 Å². The number of nitrogens with one attached hydrogen (secondary N) is 1. The highest BCUT2D eigenvalue weighted by atomic mass is 19.4. The Morgan fingerprint density at radius 3 is 2.63 bits per heavy atom. The summed E-state index contributed by atoms with van der Waals surface area (Å²) in [5, 5.41) is 14.3. The van der Waals surface area contributed by atoms with E-state index >= 15 is 0 Å². The van der Waals surface area contributed by atoms with E-state index in [4.69, 9.17) is 0 Å². The van der Waals surface area contributed by atoms with Crippen LogP contribution in [0.5, 0.6) is 0 Å². The van der Waals surface area contributed by atoms with Crippen molar-refractivity contribution < 1.29 is 13.2 Å². The number of alkyl halides is 3. The highest BCUT2D eigenvalue weighted by molar-refractivity contribution is 5.24. The van der Waals surface area contributed by atoms with Gasteiger partial charge >= 0.3 is 6.18 Å². The molecule has 102 valence electrons. The molecule has 6 nitrogen and oxygen atoms in total. The van der Waals surface area contributed by atoms with Gasteiger partial charge in [0.05, 0.1) is 6.54 Å². The Hall–Kier alpha value is -2.19. The van der Waals surface area contributed by atoms with E-state index < -0.39 is 11.9 Å². The maximum Gasteiger partial charge on any atom is 0.433 e. The molecule has 2 aromatic rings. The van der Waals surface area contributed by atoms with E-state index in [0.29, 0.717) is 18.1 Å². The number of hydrogen-bond donors (Lipinski definition) is 1. The fourth-order valence-electron chi connectivity index (χ4n) is 1.33. The number of aryl methyl sites for hydroxylation is 1. The zero-order valence-corrected chi connectivity index (χ0v) is 10.0. The van der Waals surface area contributed by atoms with Crippen LogP contribution in [0.2, 0.25) is 0 Å². The molecule has 9 heteroatoms. The quantitative estimate of drug-likeness (QED) is 0.917. The second-order valence-electron chi connectivity index (χ2n) is 3.70. The van der Waals surface area contributed by atoms with Crippen LogP contribution in [0.15, 0.2) is 18.3 Å². The van der Waals surface area contributed by atoms with E-state index in [1.165, 1.54) is 17.1 Å². The van der Waals surface area contributed by atoms with Gasteiger partial charge in [-0.3, -0.25) is 4.98 Å². The van der Waals surface area contributed by atoms with Gasteiger partial charge < -0.3 is 5.32 Å². The summed E-state index contributed by atoms with van der Waals surface area (Å²) in [6.45, 7) is 2.74.